The quantitative estimate of drug-likeness (QED) is 0.451. The van der Waals surface area contributed by atoms with Crippen LogP contribution in [0.15, 0.2) is 64.9 Å². The molecule has 0 N–H and O–H groups in total. The Labute approximate surface area is 172 Å². The first-order chi connectivity index (χ1) is 13.9. The maximum Gasteiger partial charge on any atom is 0.312 e. The number of benzene rings is 2. The molecule has 1 aliphatic heterocycles. The second-order valence-electron chi connectivity index (χ2n) is 6.57. The number of fused-ring (bicyclic) bond motifs is 1. The van der Waals surface area contributed by atoms with E-state index in [1.165, 1.54) is 23.5 Å². The van der Waals surface area contributed by atoms with E-state index in [-0.39, 0.29) is 16.3 Å². The first-order valence-electron chi connectivity index (χ1n) is 8.89. The fourth-order valence-electron chi connectivity index (χ4n) is 3.64. The highest BCUT2D eigenvalue weighted by Gasteiger charge is 2.38. The number of ether oxygens (including phenoxy) is 1. The van der Waals surface area contributed by atoms with Gasteiger partial charge in [-0.3, -0.25) is 10.1 Å². The van der Waals surface area contributed by atoms with Crippen molar-refractivity contribution >= 4 is 27.0 Å². The van der Waals surface area contributed by atoms with Crippen LogP contribution in [-0.2, 0) is 16.4 Å². The van der Waals surface area contributed by atoms with Crippen LogP contribution in [-0.4, -0.2) is 31.3 Å². The summed E-state index contributed by atoms with van der Waals surface area (Å²) in [6, 6.07) is 14.7. The van der Waals surface area contributed by atoms with Gasteiger partial charge in [-0.2, -0.15) is 4.31 Å². The summed E-state index contributed by atoms with van der Waals surface area (Å²) in [5, 5.41) is 13.3. The molecule has 1 aliphatic rings. The summed E-state index contributed by atoms with van der Waals surface area (Å²) >= 11 is 1.62. The van der Waals surface area contributed by atoms with E-state index in [4.69, 9.17) is 4.74 Å². The van der Waals surface area contributed by atoms with E-state index in [2.05, 4.69) is 0 Å². The number of sulfonamides is 1. The Hall–Kier alpha value is -2.75. The minimum absolute atomic E-state index is 0.0207. The summed E-state index contributed by atoms with van der Waals surface area (Å²) in [6.45, 7) is 0.301. The molecule has 0 amide bonds. The van der Waals surface area contributed by atoms with Crippen LogP contribution in [0.1, 0.15) is 22.0 Å². The third-order valence-corrected chi connectivity index (χ3v) is 7.85. The molecular weight excluding hydrogens is 412 g/mol. The summed E-state index contributed by atoms with van der Waals surface area (Å²) < 4.78 is 33.5. The van der Waals surface area contributed by atoms with Gasteiger partial charge < -0.3 is 4.74 Å². The molecule has 9 heteroatoms. The summed E-state index contributed by atoms with van der Waals surface area (Å²) in [6.07, 6.45) is 0.605. The van der Waals surface area contributed by atoms with Crippen LogP contribution in [0, 0.1) is 10.1 Å². The number of hydrogen-bond donors (Lipinski definition) is 0. The Morgan fingerprint density at radius 2 is 1.93 bits per heavy atom. The highest BCUT2D eigenvalue weighted by molar-refractivity contribution is 7.89. The summed E-state index contributed by atoms with van der Waals surface area (Å²) in [5.41, 5.74) is 1.44. The van der Waals surface area contributed by atoms with Gasteiger partial charge in [-0.05, 0) is 41.1 Å². The van der Waals surface area contributed by atoms with E-state index in [0.717, 1.165) is 22.1 Å². The maximum atomic E-state index is 13.5. The van der Waals surface area contributed by atoms with Crippen molar-refractivity contribution in [3.8, 4) is 5.75 Å². The Balaban J connectivity index is 1.84. The largest absolute Gasteiger partial charge is 0.490 e. The molecule has 2 aromatic carbocycles. The highest BCUT2D eigenvalue weighted by Crippen LogP contribution is 2.41. The predicted molar refractivity (Wildman–Crippen MR) is 110 cm³/mol. The first-order valence-corrected chi connectivity index (χ1v) is 11.2. The zero-order chi connectivity index (χ0) is 20.6. The topological polar surface area (TPSA) is 89.8 Å². The van der Waals surface area contributed by atoms with E-state index >= 15 is 0 Å². The molecule has 3 aromatic rings. The molecule has 0 spiro atoms. The fraction of sp³-hybridized carbons (Fsp3) is 0.200. The van der Waals surface area contributed by atoms with Gasteiger partial charge in [-0.15, -0.1) is 11.3 Å². The number of methoxy groups -OCH3 is 1. The van der Waals surface area contributed by atoms with Gasteiger partial charge in [-0.1, -0.05) is 30.3 Å². The third kappa shape index (κ3) is 3.41. The molecule has 4 rings (SSSR count). The van der Waals surface area contributed by atoms with E-state index in [0.29, 0.717) is 13.0 Å². The number of hydrogen-bond acceptors (Lipinski definition) is 6. The molecule has 1 unspecified atom stereocenters. The molecule has 1 atom stereocenters. The van der Waals surface area contributed by atoms with Gasteiger partial charge in [0.2, 0.25) is 10.0 Å². The fourth-order valence-corrected chi connectivity index (χ4v) is 6.16. The Morgan fingerprint density at radius 3 is 2.62 bits per heavy atom. The van der Waals surface area contributed by atoms with Gasteiger partial charge in [0.15, 0.2) is 5.75 Å². The summed E-state index contributed by atoms with van der Waals surface area (Å²) in [7, 11) is -2.67. The molecule has 150 valence electrons. The maximum absolute atomic E-state index is 13.5. The van der Waals surface area contributed by atoms with E-state index in [1.54, 1.807) is 11.3 Å². The molecule has 29 heavy (non-hydrogen) atoms. The molecule has 0 aliphatic carbocycles. The number of nitro groups is 1. The highest BCUT2D eigenvalue weighted by atomic mass is 32.2. The molecule has 0 saturated carbocycles. The van der Waals surface area contributed by atoms with Crippen LogP contribution in [0.25, 0.3) is 0 Å². The van der Waals surface area contributed by atoms with Gasteiger partial charge in [0.05, 0.1) is 23.0 Å². The van der Waals surface area contributed by atoms with Crippen LogP contribution < -0.4 is 4.74 Å². The van der Waals surface area contributed by atoms with Crippen molar-refractivity contribution in [1.82, 2.24) is 4.31 Å². The van der Waals surface area contributed by atoms with Crippen molar-refractivity contribution in [1.29, 1.82) is 0 Å². The minimum atomic E-state index is -3.98. The molecule has 7 nitrogen and oxygen atoms in total. The molecule has 2 heterocycles. The number of thiophene rings is 1. The Bertz CT molecular complexity index is 1160. The van der Waals surface area contributed by atoms with E-state index in [9.17, 15) is 18.5 Å². The van der Waals surface area contributed by atoms with Crippen molar-refractivity contribution in [3.05, 3.63) is 86.1 Å². The predicted octanol–water partition coefficient (Wildman–Crippen LogP) is 4.00. The van der Waals surface area contributed by atoms with Gasteiger partial charge >= 0.3 is 5.69 Å². The number of nitrogens with zero attached hydrogens (tertiary/aromatic N) is 2. The Morgan fingerprint density at radius 1 is 1.17 bits per heavy atom. The zero-order valence-electron chi connectivity index (χ0n) is 15.5. The lowest BCUT2D eigenvalue weighted by Crippen LogP contribution is -2.40. The van der Waals surface area contributed by atoms with Gasteiger partial charge in [-0.25, -0.2) is 8.42 Å². The van der Waals surface area contributed by atoms with Crippen molar-refractivity contribution in [2.45, 2.75) is 17.4 Å². The average Bonchev–Trinajstić information content (AvgIpc) is 3.22. The van der Waals surface area contributed by atoms with E-state index < -0.39 is 21.0 Å². The van der Waals surface area contributed by atoms with Crippen molar-refractivity contribution in [2.75, 3.05) is 13.7 Å². The standard InChI is InChI=1S/C20H18N2O5S2/c1-27-18-8-7-15(13-17(18)22(23)24)29(25,26)21-11-9-19-16(10-12-28-19)20(21)14-5-3-2-4-6-14/h2-8,10,12-13,20H,9,11H2,1H3. The molecular formula is C20H18N2O5S2. The third-order valence-electron chi connectivity index (χ3n) is 4.99. The van der Waals surface area contributed by atoms with Crippen LogP contribution in [0.5, 0.6) is 5.75 Å². The molecule has 1 aromatic heterocycles. The van der Waals surface area contributed by atoms with Gasteiger partial charge in [0.1, 0.15) is 0 Å². The van der Waals surface area contributed by atoms with Crippen LogP contribution >= 0.6 is 11.3 Å². The monoisotopic (exact) mass is 430 g/mol. The minimum Gasteiger partial charge on any atom is -0.490 e. The van der Waals surface area contributed by atoms with Gasteiger partial charge in [0.25, 0.3) is 0 Å². The first kappa shape index (κ1) is 19.6. The van der Waals surface area contributed by atoms with Gasteiger partial charge in [0, 0.05) is 17.5 Å². The zero-order valence-corrected chi connectivity index (χ0v) is 17.2. The number of rotatable bonds is 5. The van der Waals surface area contributed by atoms with Crippen LogP contribution in [0.4, 0.5) is 5.69 Å². The normalized spacial score (nSPS) is 16.9. The summed E-state index contributed by atoms with van der Waals surface area (Å²) in [5.74, 6) is 0.0207. The van der Waals surface area contributed by atoms with E-state index in [1.807, 2.05) is 41.8 Å². The summed E-state index contributed by atoms with van der Waals surface area (Å²) in [4.78, 5) is 11.8. The SMILES string of the molecule is COc1ccc(S(=O)(=O)N2CCc3sccc3C2c2ccccc2)cc1[N+](=O)[O-]. The molecule has 0 fully saturated rings. The lowest BCUT2D eigenvalue weighted by molar-refractivity contribution is -0.386. The van der Waals surface area contributed by atoms with Crippen molar-refractivity contribution in [3.63, 3.8) is 0 Å². The van der Waals surface area contributed by atoms with Crippen LogP contribution in [0.2, 0.25) is 0 Å². The smallest absolute Gasteiger partial charge is 0.312 e. The second kappa shape index (κ2) is 7.58. The lowest BCUT2D eigenvalue weighted by Gasteiger charge is -2.35. The number of nitro benzene ring substituents is 1. The lowest BCUT2D eigenvalue weighted by atomic mass is 9.95. The molecule has 0 radical (unpaired) electrons. The second-order valence-corrected chi connectivity index (χ2v) is 9.46. The average molecular weight is 431 g/mol. The molecule has 0 saturated heterocycles. The van der Waals surface area contributed by atoms with Crippen molar-refractivity contribution < 1.29 is 18.1 Å². The van der Waals surface area contributed by atoms with Crippen LogP contribution in [0.3, 0.4) is 0 Å². The van der Waals surface area contributed by atoms with Crippen molar-refractivity contribution in [2.24, 2.45) is 0 Å². The molecule has 0 bridgehead atoms. The Kier molecular flexibility index (Phi) is 5.12.